The molecule has 1 N–H and O–H groups in total. The predicted octanol–water partition coefficient (Wildman–Crippen LogP) is 6.79. The van der Waals surface area contributed by atoms with Gasteiger partial charge in [0.1, 0.15) is 0 Å². The molecule has 4 rings (SSSR count). The minimum atomic E-state index is -0.744. The number of aryl methyl sites for hydroxylation is 1. The van der Waals surface area contributed by atoms with Crippen molar-refractivity contribution >= 4 is 40.3 Å². The summed E-state index contributed by atoms with van der Waals surface area (Å²) in [5.74, 6) is -1.45. The number of aliphatic hydroxyl groups excluding tert-OH is 1. The van der Waals surface area contributed by atoms with Crippen LogP contribution >= 0.6 is 22.9 Å². The number of rotatable bonds is 4. The second-order valence-electron chi connectivity index (χ2n) is 8.95. The summed E-state index contributed by atoms with van der Waals surface area (Å²) in [5.41, 5.74) is 3.33. The van der Waals surface area contributed by atoms with Crippen LogP contribution in [0.1, 0.15) is 53.2 Å². The molecule has 2 aromatic carbocycles. The summed E-state index contributed by atoms with van der Waals surface area (Å²) < 4.78 is 0. The Bertz CT molecular complexity index is 1220. The van der Waals surface area contributed by atoms with Crippen LogP contribution in [0.25, 0.3) is 0 Å². The van der Waals surface area contributed by atoms with Crippen LogP contribution in [0.2, 0.25) is 5.02 Å². The average Bonchev–Trinajstić information content (AvgIpc) is 3.35. The van der Waals surface area contributed by atoms with E-state index in [0.717, 1.165) is 16.7 Å². The molecule has 0 saturated heterocycles. The van der Waals surface area contributed by atoms with Gasteiger partial charge in [-0.3, -0.25) is 14.5 Å². The normalized spacial score (nSPS) is 16.7. The second kappa shape index (κ2) is 8.23. The lowest BCUT2D eigenvalue weighted by atomic mass is 9.85. The average molecular weight is 466 g/mol. The van der Waals surface area contributed by atoms with Gasteiger partial charge < -0.3 is 5.11 Å². The molecule has 1 aromatic heterocycles. The molecule has 4 nitrogen and oxygen atoms in total. The summed E-state index contributed by atoms with van der Waals surface area (Å²) >= 11 is 7.42. The van der Waals surface area contributed by atoms with E-state index in [4.69, 9.17) is 11.6 Å². The molecule has 0 saturated carbocycles. The molecular formula is C26H24ClNO3S. The molecule has 1 amide bonds. The van der Waals surface area contributed by atoms with Crippen LogP contribution in [-0.4, -0.2) is 16.8 Å². The van der Waals surface area contributed by atoms with Gasteiger partial charge in [0.15, 0.2) is 5.76 Å². The Morgan fingerprint density at radius 1 is 1.09 bits per heavy atom. The summed E-state index contributed by atoms with van der Waals surface area (Å²) in [7, 11) is 0. The van der Waals surface area contributed by atoms with Gasteiger partial charge in [0.05, 0.1) is 16.5 Å². The summed E-state index contributed by atoms with van der Waals surface area (Å²) in [6, 6.07) is 15.8. The number of hydrogen-bond acceptors (Lipinski definition) is 4. The fourth-order valence-electron chi connectivity index (χ4n) is 4.00. The smallest absolute Gasteiger partial charge is 0.294 e. The third kappa shape index (κ3) is 3.87. The molecule has 1 aliphatic heterocycles. The van der Waals surface area contributed by atoms with Gasteiger partial charge in [-0.2, -0.15) is 0 Å². The second-order valence-corrected chi connectivity index (χ2v) is 10.3. The van der Waals surface area contributed by atoms with Crippen molar-refractivity contribution in [3.05, 3.63) is 97.9 Å². The van der Waals surface area contributed by atoms with E-state index in [1.165, 1.54) is 16.2 Å². The Morgan fingerprint density at radius 2 is 1.78 bits per heavy atom. The summed E-state index contributed by atoms with van der Waals surface area (Å²) in [4.78, 5) is 28.6. The third-order valence-electron chi connectivity index (χ3n) is 5.71. The molecule has 0 spiro atoms. The number of carbonyl (C=O) groups is 2. The van der Waals surface area contributed by atoms with Gasteiger partial charge in [0, 0.05) is 10.7 Å². The molecule has 32 heavy (non-hydrogen) atoms. The first-order valence-electron chi connectivity index (χ1n) is 10.3. The zero-order chi connectivity index (χ0) is 23.2. The molecule has 1 unspecified atom stereocenters. The fraction of sp³-hybridized carbons (Fsp3) is 0.231. The zero-order valence-electron chi connectivity index (χ0n) is 18.3. The Hall–Kier alpha value is -2.89. The first kappa shape index (κ1) is 22.3. The van der Waals surface area contributed by atoms with Crippen molar-refractivity contribution in [2.75, 3.05) is 4.90 Å². The highest BCUT2D eigenvalue weighted by Gasteiger charge is 2.45. The lowest BCUT2D eigenvalue weighted by molar-refractivity contribution is -0.117. The van der Waals surface area contributed by atoms with Crippen molar-refractivity contribution in [3.63, 3.8) is 0 Å². The Labute approximate surface area is 196 Å². The lowest BCUT2D eigenvalue weighted by Crippen LogP contribution is -2.31. The molecule has 0 fully saturated rings. The van der Waals surface area contributed by atoms with Crippen LogP contribution in [0, 0.1) is 6.92 Å². The molecule has 0 bridgehead atoms. The number of ketones is 1. The minimum absolute atomic E-state index is 0.0376. The van der Waals surface area contributed by atoms with Crippen LogP contribution in [0.4, 0.5) is 5.69 Å². The number of nitrogens with zero attached hydrogens (tertiary/aromatic N) is 1. The number of anilines is 1. The van der Waals surface area contributed by atoms with Gasteiger partial charge in [-0.15, -0.1) is 11.3 Å². The molecule has 6 heteroatoms. The highest BCUT2D eigenvalue weighted by molar-refractivity contribution is 7.12. The van der Waals surface area contributed by atoms with Crippen molar-refractivity contribution in [1.29, 1.82) is 0 Å². The highest BCUT2D eigenvalue weighted by atomic mass is 35.5. The molecule has 164 valence electrons. The summed E-state index contributed by atoms with van der Waals surface area (Å²) in [6.45, 7) is 8.23. The van der Waals surface area contributed by atoms with Gasteiger partial charge in [-0.05, 0) is 58.7 Å². The molecule has 2 heterocycles. The number of amides is 1. The van der Waals surface area contributed by atoms with E-state index in [0.29, 0.717) is 15.6 Å². The van der Waals surface area contributed by atoms with Crippen LogP contribution in [0.15, 0.2) is 71.3 Å². The van der Waals surface area contributed by atoms with Gasteiger partial charge in [0.25, 0.3) is 5.91 Å². The Morgan fingerprint density at radius 3 is 2.34 bits per heavy atom. The van der Waals surface area contributed by atoms with Crippen molar-refractivity contribution in [3.8, 4) is 0 Å². The SMILES string of the molecule is Cc1cc(Cl)ccc1N1C(=O)C(O)=C(C(=O)c2cccs2)C1c1ccc(C(C)(C)C)cc1. The van der Waals surface area contributed by atoms with Crippen molar-refractivity contribution in [2.24, 2.45) is 0 Å². The van der Waals surface area contributed by atoms with E-state index in [1.54, 1.807) is 35.7 Å². The first-order chi connectivity index (χ1) is 15.1. The van der Waals surface area contributed by atoms with Crippen LogP contribution in [0.5, 0.6) is 0 Å². The predicted molar refractivity (Wildman–Crippen MR) is 130 cm³/mol. The van der Waals surface area contributed by atoms with Gasteiger partial charge >= 0.3 is 0 Å². The number of carbonyl (C=O) groups excluding carboxylic acids is 2. The van der Waals surface area contributed by atoms with Crippen molar-refractivity contribution < 1.29 is 14.7 Å². The van der Waals surface area contributed by atoms with E-state index in [2.05, 4.69) is 20.8 Å². The van der Waals surface area contributed by atoms with E-state index in [-0.39, 0.29) is 16.8 Å². The molecule has 1 aliphatic rings. The first-order valence-corrected chi connectivity index (χ1v) is 11.6. The van der Waals surface area contributed by atoms with Gasteiger partial charge in [-0.1, -0.05) is 62.7 Å². The minimum Gasteiger partial charge on any atom is -0.503 e. The van der Waals surface area contributed by atoms with Gasteiger partial charge in [0.2, 0.25) is 5.78 Å². The summed E-state index contributed by atoms with van der Waals surface area (Å²) in [6.07, 6.45) is 0. The molecule has 1 atom stereocenters. The largest absolute Gasteiger partial charge is 0.503 e. The topological polar surface area (TPSA) is 57.6 Å². The van der Waals surface area contributed by atoms with Gasteiger partial charge in [-0.25, -0.2) is 0 Å². The fourth-order valence-corrected chi connectivity index (χ4v) is 4.90. The van der Waals surface area contributed by atoms with Crippen LogP contribution < -0.4 is 4.90 Å². The van der Waals surface area contributed by atoms with E-state index in [1.807, 2.05) is 31.2 Å². The lowest BCUT2D eigenvalue weighted by Gasteiger charge is -2.29. The zero-order valence-corrected chi connectivity index (χ0v) is 19.9. The Kier molecular flexibility index (Phi) is 5.74. The van der Waals surface area contributed by atoms with Crippen molar-refractivity contribution in [1.82, 2.24) is 0 Å². The van der Waals surface area contributed by atoms with Crippen molar-refractivity contribution in [2.45, 2.75) is 39.2 Å². The maximum atomic E-state index is 13.4. The number of Topliss-reactive ketones (excluding diaryl/α,β-unsaturated/α-hetero) is 1. The number of benzene rings is 2. The maximum absolute atomic E-state index is 13.4. The van der Waals surface area contributed by atoms with E-state index >= 15 is 0 Å². The molecule has 3 aromatic rings. The quantitative estimate of drug-likeness (QED) is 0.431. The maximum Gasteiger partial charge on any atom is 0.294 e. The van der Waals surface area contributed by atoms with E-state index in [9.17, 15) is 14.7 Å². The highest BCUT2D eigenvalue weighted by Crippen LogP contribution is 2.44. The van der Waals surface area contributed by atoms with E-state index < -0.39 is 17.7 Å². The van der Waals surface area contributed by atoms with Crippen LogP contribution in [0.3, 0.4) is 0 Å². The Balaban J connectivity index is 1.89. The molecule has 0 aliphatic carbocycles. The number of hydrogen-bond donors (Lipinski definition) is 1. The number of thiophene rings is 1. The van der Waals surface area contributed by atoms with Crippen LogP contribution in [-0.2, 0) is 10.2 Å². The number of halogens is 1. The number of aliphatic hydroxyl groups is 1. The summed E-state index contributed by atoms with van der Waals surface area (Å²) in [5, 5.41) is 13.2. The molecular weight excluding hydrogens is 442 g/mol. The monoisotopic (exact) mass is 465 g/mol. The standard InChI is InChI=1S/C26H24ClNO3S/c1-15-14-18(27)11-12-19(15)28-22(16-7-9-17(10-8-16)26(2,3)4)21(24(30)25(28)31)23(29)20-6-5-13-32-20/h5-14,22,30H,1-4H3. The molecule has 0 radical (unpaired) electrons. The third-order valence-corrected chi connectivity index (χ3v) is 6.81.